The minimum Gasteiger partial charge on any atom is -0.457 e. The molecule has 0 aliphatic rings. The first kappa shape index (κ1) is 17.5. The molecular formula is C17H14BrF3O2. The highest BCUT2D eigenvalue weighted by atomic mass is 79.9. The lowest BCUT2D eigenvalue weighted by Gasteiger charge is -2.15. The van der Waals surface area contributed by atoms with E-state index in [0.717, 1.165) is 35.1 Å². The van der Waals surface area contributed by atoms with Crippen LogP contribution in [0.25, 0.3) is 0 Å². The zero-order chi connectivity index (χ0) is 17.2. The predicted molar refractivity (Wildman–Crippen MR) is 85.2 cm³/mol. The van der Waals surface area contributed by atoms with Crippen molar-refractivity contribution in [1.29, 1.82) is 0 Å². The van der Waals surface area contributed by atoms with Crippen molar-refractivity contribution in [2.75, 3.05) is 0 Å². The standard InChI is InChI=1S/C17H14BrF3O2/c1-10-7-14(8-11(2)16(10)15(18)9-22)23-13-5-3-12(4-6-13)17(19,20)21/h3-9,15H,1-2H3. The molecule has 0 amide bonds. The fourth-order valence-electron chi connectivity index (χ4n) is 2.34. The first-order chi connectivity index (χ1) is 10.7. The quantitative estimate of drug-likeness (QED) is 0.493. The van der Waals surface area contributed by atoms with E-state index in [-0.39, 0.29) is 0 Å². The van der Waals surface area contributed by atoms with Gasteiger partial charge < -0.3 is 9.53 Å². The van der Waals surface area contributed by atoms with Gasteiger partial charge in [0, 0.05) is 0 Å². The van der Waals surface area contributed by atoms with Crippen LogP contribution in [0.4, 0.5) is 13.2 Å². The normalized spacial score (nSPS) is 12.8. The van der Waals surface area contributed by atoms with Crippen LogP contribution in [0, 0.1) is 13.8 Å². The Balaban J connectivity index is 2.26. The number of aryl methyl sites for hydroxylation is 2. The van der Waals surface area contributed by atoms with Gasteiger partial charge >= 0.3 is 6.18 Å². The van der Waals surface area contributed by atoms with Crippen LogP contribution in [0.5, 0.6) is 11.5 Å². The largest absolute Gasteiger partial charge is 0.457 e. The molecule has 0 radical (unpaired) electrons. The van der Waals surface area contributed by atoms with Gasteiger partial charge in [-0.3, -0.25) is 0 Å². The third-order valence-electron chi connectivity index (χ3n) is 3.38. The Morgan fingerprint density at radius 2 is 1.57 bits per heavy atom. The summed E-state index contributed by atoms with van der Waals surface area (Å²) in [6, 6.07) is 8.00. The molecule has 0 N–H and O–H groups in total. The zero-order valence-electron chi connectivity index (χ0n) is 12.4. The maximum atomic E-state index is 12.5. The molecule has 1 unspecified atom stereocenters. The Bertz CT molecular complexity index is 686. The van der Waals surface area contributed by atoms with Crippen LogP contribution in [0.2, 0.25) is 0 Å². The summed E-state index contributed by atoms with van der Waals surface area (Å²) >= 11 is 3.29. The molecule has 0 aromatic heterocycles. The monoisotopic (exact) mass is 386 g/mol. The Hall–Kier alpha value is -1.82. The van der Waals surface area contributed by atoms with Crippen molar-refractivity contribution in [2.24, 2.45) is 0 Å². The maximum Gasteiger partial charge on any atom is 0.416 e. The first-order valence-corrected chi connectivity index (χ1v) is 7.69. The van der Waals surface area contributed by atoms with Gasteiger partial charge in [0.15, 0.2) is 0 Å². The Morgan fingerprint density at radius 3 is 2.00 bits per heavy atom. The van der Waals surface area contributed by atoms with Crippen LogP contribution in [0.3, 0.4) is 0 Å². The molecule has 0 saturated carbocycles. The van der Waals surface area contributed by atoms with Crippen LogP contribution in [-0.4, -0.2) is 6.29 Å². The molecule has 0 fully saturated rings. The van der Waals surface area contributed by atoms with Crippen LogP contribution in [-0.2, 0) is 11.0 Å². The molecule has 0 saturated heterocycles. The molecule has 2 aromatic rings. The third kappa shape index (κ3) is 4.13. The van der Waals surface area contributed by atoms with Gasteiger partial charge in [0.25, 0.3) is 0 Å². The molecular weight excluding hydrogens is 373 g/mol. The molecule has 2 nitrogen and oxygen atoms in total. The maximum absolute atomic E-state index is 12.5. The van der Waals surface area contributed by atoms with Crippen molar-refractivity contribution in [3.8, 4) is 11.5 Å². The molecule has 2 rings (SSSR count). The second-order valence-corrected chi connectivity index (χ2v) is 6.12. The van der Waals surface area contributed by atoms with E-state index in [2.05, 4.69) is 15.9 Å². The number of hydrogen-bond donors (Lipinski definition) is 0. The van der Waals surface area contributed by atoms with Gasteiger partial charge in [0.1, 0.15) is 17.8 Å². The zero-order valence-corrected chi connectivity index (χ0v) is 14.0. The van der Waals surface area contributed by atoms with Crippen LogP contribution >= 0.6 is 15.9 Å². The molecule has 23 heavy (non-hydrogen) atoms. The molecule has 0 aliphatic carbocycles. The topological polar surface area (TPSA) is 26.3 Å². The average Bonchev–Trinajstić information content (AvgIpc) is 2.45. The fourth-order valence-corrected chi connectivity index (χ4v) is 3.07. The van der Waals surface area contributed by atoms with Crippen molar-refractivity contribution in [1.82, 2.24) is 0 Å². The van der Waals surface area contributed by atoms with E-state index in [1.165, 1.54) is 12.1 Å². The number of benzene rings is 2. The third-order valence-corrected chi connectivity index (χ3v) is 4.05. The lowest BCUT2D eigenvalue weighted by molar-refractivity contribution is -0.137. The number of aldehydes is 1. The molecule has 1 atom stereocenters. The van der Waals surface area contributed by atoms with Crippen molar-refractivity contribution in [3.63, 3.8) is 0 Å². The van der Waals surface area contributed by atoms with Gasteiger partial charge in [-0.15, -0.1) is 0 Å². The first-order valence-electron chi connectivity index (χ1n) is 6.78. The molecule has 0 heterocycles. The average molecular weight is 387 g/mol. The number of hydrogen-bond acceptors (Lipinski definition) is 2. The molecule has 2 aromatic carbocycles. The summed E-state index contributed by atoms with van der Waals surface area (Å²) in [4.78, 5) is 10.5. The SMILES string of the molecule is Cc1cc(Oc2ccc(C(F)(F)F)cc2)cc(C)c1C(Br)C=O. The minimum absolute atomic E-state index is 0.315. The Labute approximate surface area is 140 Å². The number of ether oxygens (including phenoxy) is 1. The van der Waals surface area contributed by atoms with Crippen LogP contribution < -0.4 is 4.74 Å². The van der Waals surface area contributed by atoms with E-state index < -0.39 is 16.6 Å². The highest BCUT2D eigenvalue weighted by Crippen LogP contribution is 2.34. The molecule has 6 heteroatoms. The van der Waals surface area contributed by atoms with E-state index in [4.69, 9.17) is 4.74 Å². The van der Waals surface area contributed by atoms with Crippen molar-refractivity contribution >= 4 is 22.2 Å². The number of rotatable bonds is 4. The highest BCUT2D eigenvalue weighted by Gasteiger charge is 2.30. The number of halogens is 4. The number of alkyl halides is 4. The fraction of sp³-hybridized carbons (Fsp3) is 0.235. The van der Waals surface area contributed by atoms with E-state index in [9.17, 15) is 18.0 Å². The second-order valence-electron chi connectivity index (χ2n) is 5.13. The van der Waals surface area contributed by atoms with Gasteiger partial charge in [0.05, 0.1) is 10.4 Å². The second kappa shape index (κ2) is 6.74. The summed E-state index contributed by atoms with van der Waals surface area (Å²) in [5.41, 5.74) is 1.86. The van der Waals surface area contributed by atoms with Crippen molar-refractivity contribution in [2.45, 2.75) is 24.9 Å². The van der Waals surface area contributed by atoms with E-state index >= 15 is 0 Å². The van der Waals surface area contributed by atoms with Gasteiger partial charge in [-0.1, -0.05) is 15.9 Å². The van der Waals surface area contributed by atoms with Crippen LogP contribution in [0.15, 0.2) is 36.4 Å². The van der Waals surface area contributed by atoms with E-state index in [0.29, 0.717) is 11.5 Å². The summed E-state index contributed by atoms with van der Waals surface area (Å²) < 4.78 is 43.2. The number of carbonyl (C=O) groups is 1. The Morgan fingerprint density at radius 1 is 1.04 bits per heavy atom. The van der Waals surface area contributed by atoms with Crippen LogP contribution in [0.1, 0.15) is 27.1 Å². The predicted octanol–water partition coefficient (Wildman–Crippen LogP) is 5.75. The lowest BCUT2D eigenvalue weighted by Crippen LogP contribution is -2.04. The summed E-state index contributed by atoms with van der Waals surface area (Å²) in [6.45, 7) is 3.69. The summed E-state index contributed by atoms with van der Waals surface area (Å²) in [5, 5.41) is 0. The minimum atomic E-state index is -4.37. The van der Waals surface area contributed by atoms with Gasteiger partial charge in [-0.05, 0) is 66.9 Å². The van der Waals surface area contributed by atoms with Gasteiger partial charge in [0.2, 0.25) is 0 Å². The lowest BCUT2D eigenvalue weighted by atomic mass is 10.00. The van der Waals surface area contributed by atoms with Gasteiger partial charge in [-0.25, -0.2) is 0 Å². The molecule has 0 spiro atoms. The summed E-state index contributed by atoms with van der Waals surface area (Å²) in [7, 11) is 0. The highest BCUT2D eigenvalue weighted by molar-refractivity contribution is 9.09. The molecule has 122 valence electrons. The Kier molecular flexibility index (Phi) is 5.14. The molecule has 0 bridgehead atoms. The van der Waals surface area contributed by atoms with Gasteiger partial charge in [-0.2, -0.15) is 13.2 Å². The summed E-state index contributed by atoms with van der Waals surface area (Å²) in [5.74, 6) is 0.824. The van der Waals surface area contributed by atoms with E-state index in [1.807, 2.05) is 13.8 Å². The van der Waals surface area contributed by atoms with E-state index in [1.54, 1.807) is 12.1 Å². The van der Waals surface area contributed by atoms with Crippen molar-refractivity contribution in [3.05, 3.63) is 58.7 Å². The smallest absolute Gasteiger partial charge is 0.416 e. The molecule has 0 aliphatic heterocycles. The van der Waals surface area contributed by atoms with Crippen molar-refractivity contribution < 1.29 is 22.7 Å². The number of carbonyl (C=O) groups excluding carboxylic acids is 1. The summed E-state index contributed by atoms with van der Waals surface area (Å²) in [6.07, 6.45) is -3.57.